The number of benzene rings is 1. The van der Waals surface area contributed by atoms with Gasteiger partial charge in [0.1, 0.15) is 6.10 Å². The molecule has 1 saturated heterocycles. The zero-order valence-electron chi connectivity index (χ0n) is 14.0. The third-order valence-corrected chi connectivity index (χ3v) is 4.30. The van der Waals surface area contributed by atoms with E-state index < -0.39 is 0 Å². The van der Waals surface area contributed by atoms with Crippen molar-refractivity contribution in [3.63, 3.8) is 0 Å². The van der Waals surface area contributed by atoms with E-state index >= 15 is 0 Å². The first-order chi connectivity index (χ1) is 12.1. The Bertz CT molecular complexity index is 827. The van der Waals surface area contributed by atoms with Gasteiger partial charge in [-0.05, 0) is 49.7 Å². The maximum Gasteiger partial charge on any atom is 0.216 e. The summed E-state index contributed by atoms with van der Waals surface area (Å²) < 4.78 is 18.5. The van der Waals surface area contributed by atoms with Crippen molar-refractivity contribution in [1.29, 1.82) is 0 Å². The smallest absolute Gasteiger partial charge is 0.216 e. The fourth-order valence-corrected chi connectivity index (χ4v) is 3.09. The molecule has 3 rings (SSSR count). The van der Waals surface area contributed by atoms with E-state index in [1.807, 2.05) is 6.92 Å². The van der Waals surface area contributed by atoms with Gasteiger partial charge >= 0.3 is 0 Å². The molecule has 2 heterocycles. The molecular weight excluding hydrogens is 364 g/mol. The van der Waals surface area contributed by atoms with Crippen molar-refractivity contribution in [3.8, 4) is 11.5 Å². The van der Waals surface area contributed by atoms with Gasteiger partial charge in [0.15, 0.2) is 17.3 Å². The summed E-state index contributed by atoms with van der Waals surface area (Å²) in [7, 11) is 1.57. The number of H-pyrrole nitrogens is 1. The molecule has 0 spiro atoms. The first-order valence-electron chi connectivity index (χ1n) is 7.97. The van der Waals surface area contributed by atoms with Crippen LogP contribution in [0.15, 0.2) is 17.2 Å². The van der Waals surface area contributed by atoms with E-state index in [9.17, 15) is 0 Å². The third kappa shape index (κ3) is 3.86. The number of aromatic amines is 1. The molecule has 1 aromatic heterocycles. The molecule has 1 fully saturated rings. The summed E-state index contributed by atoms with van der Waals surface area (Å²) in [6, 6.07) is 3.56. The van der Waals surface area contributed by atoms with Crippen LogP contribution >= 0.6 is 23.8 Å². The number of halogens is 1. The van der Waals surface area contributed by atoms with Crippen molar-refractivity contribution in [1.82, 2.24) is 14.9 Å². The number of aromatic nitrogens is 3. The highest BCUT2D eigenvalue weighted by atomic mass is 35.5. The topological polar surface area (TPSA) is 73.7 Å². The number of hydrogen-bond donors (Lipinski definition) is 1. The molecule has 134 valence electrons. The second-order valence-electron chi connectivity index (χ2n) is 5.41. The van der Waals surface area contributed by atoms with E-state index in [1.165, 1.54) is 0 Å². The van der Waals surface area contributed by atoms with Crippen LogP contribution in [0.2, 0.25) is 5.02 Å². The summed E-state index contributed by atoms with van der Waals surface area (Å²) in [5.41, 5.74) is 0.756. The minimum Gasteiger partial charge on any atom is -0.493 e. The van der Waals surface area contributed by atoms with Crippen LogP contribution in [0.3, 0.4) is 0 Å². The zero-order valence-corrected chi connectivity index (χ0v) is 15.6. The summed E-state index contributed by atoms with van der Waals surface area (Å²) >= 11 is 11.5. The Morgan fingerprint density at radius 3 is 3.08 bits per heavy atom. The Morgan fingerprint density at radius 2 is 2.40 bits per heavy atom. The quantitative estimate of drug-likeness (QED) is 0.608. The van der Waals surface area contributed by atoms with Crippen molar-refractivity contribution in [2.75, 3.05) is 20.3 Å². The lowest BCUT2D eigenvalue weighted by molar-refractivity contribution is 0.102. The van der Waals surface area contributed by atoms with Gasteiger partial charge in [-0.25, -0.2) is 0 Å². The average molecular weight is 383 g/mol. The van der Waals surface area contributed by atoms with Gasteiger partial charge in [0.05, 0.1) is 25.0 Å². The minimum atomic E-state index is -0.0939. The summed E-state index contributed by atoms with van der Waals surface area (Å²) in [6.07, 6.45) is 3.45. The number of hydrogen-bond acceptors (Lipinski definition) is 6. The molecule has 0 saturated carbocycles. The number of ether oxygens (including phenoxy) is 3. The lowest BCUT2D eigenvalue weighted by Gasteiger charge is -2.12. The molecule has 9 heteroatoms. The van der Waals surface area contributed by atoms with Crippen LogP contribution in [0.4, 0.5) is 0 Å². The van der Waals surface area contributed by atoms with Crippen molar-refractivity contribution in [2.45, 2.75) is 25.9 Å². The highest BCUT2D eigenvalue weighted by Gasteiger charge is 2.23. The fourth-order valence-electron chi connectivity index (χ4n) is 2.63. The van der Waals surface area contributed by atoms with Gasteiger partial charge in [-0.2, -0.15) is 14.9 Å². The Labute approximate surface area is 155 Å². The molecule has 7 nitrogen and oxygen atoms in total. The van der Waals surface area contributed by atoms with E-state index in [1.54, 1.807) is 30.1 Å². The third-order valence-electron chi connectivity index (χ3n) is 3.76. The lowest BCUT2D eigenvalue weighted by atomic mass is 10.2. The van der Waals surface area contributed by atoms with Crippen molar-refractivity contribution in [3.05, 3.63) is 33.3 Å². The number of nitrogens with zero attached hydrogens (tertiary/aromatic N) is 3. The molecule has 1 aliphatic heterocycles. The average Bonchev–Trinajstić information content (AvgIpc) is 3.24. The first kappa shape index (κ1) is 17.9. The van der Waals surface area contributed by atoms with Gasteiger partial charge in [0.2, 0.25) is 4.77 Å². The molecule has 1 atom stereocenters. The molecular formula is C16H19ClN4O3S. The molecule has 1 aliphatic rings. The number of nitrogens with one attached hydrogen (secondary N) is 1. The fraction of sp³-hybridized carbons (Fsp3) is 0.438. The van der Waals surface area contributed by atoms with Gasteiger partial charge < -0.3 is 14.2 Å². The summed E-state index contributed by atoms with van der Waals surface area (Å²) in [5, 5.41) is 11.9. The molecule has 1 N–H and O–H groups in total. The van der Waals surface area contributed by atoms with Crippen LogP contribution in [-0.2, 0) is 4.74 Å². The largest absolute Gasteiger partial charge is 0.493 e. The highest BCUT2D eigenvalue weighted by Crippen LogP contribution is 2.36. The van der Waals surface area contributed by atoms with E-state index in [-0.39, 0.29) is 6.10 Å². The van der Waals surface area contributed by atoms with Crippen molar-refractivity contribution in [2.24, 2.45) is 5.10 Å². The lowest BCUT2D eigenvalue weighted by Crippen LogP contribution is -2.05. The molecule has 1 unspecified atom stereocenters. The van der Waals surface area contributed by atoms with Crippen molar-refractivity contribution < 1.29 is 14.2 Å². The second kappa shape index (κ2) is 7.99. The van der Waals surface area contributed by atoms with Crippen molar-refractivity contribution >= 4 is 30.0 Å². The SMILES string of the molecule is CCOc1c(Cl)cc(/C=N\n2c(C3CCCO3)n[nH]c2=S)cc1OC. The Balaban J connectivity index is 1.91. The van der Waals surface area contributed by atoms with Crippen LogP contribution in [0, 0.1) is 4.77 Å². The predicted octanol–water partition coefficient (Wildman–Crippen LogP) is 3.74. The highest BCUT2D eigenvalue weighted by molar-refractivity contribution is 7.71. The molecule has 0 bridgehead atoms. The maximum absolute atomic E-state index is 6.29. The summed E-state index contributed by atoms with van der Waals surface area (Å²) in [6.45, 7) is 3.11. The molecule has 0 radical (unpaired) electrons. The molecule has 1 aromatic carbocycles. The number of methoxy groups -OCH3 is 1. The van der Waals surface area contributed by atoms with Gasteiger partial charge in [-0.15, -0.1) is 0 Å². The summed E-state index contributed by atoms with van der Waals surface area (Å²) in [5.74, 6) is 1.73. The van der Waals surface area contributed by atoms with Crippen LogP contribution in [0.5, 0.6) is 11.5 Å². The maximum atomic E-state index is 6.29. The predicted molar refractivity (Wildman–Crippen MR) is 97.5 cm³/mol. The standard InChI is InChI=1S/C16H19ClN4O3S/c1-3-23-14-11(17)7-10(8-13(14)22-2)9-18-21-15(19-20-16(21)25)12-5-4-6-24-12/h7-9,12H,3-6H2,1-2H3,(H,20,25)/b18-9-. The molecule has 0 aliphatic carbocycles. The van der Waals surface area contributed by atoms with Crippen LogP contribution in [-0.4, -0.2) is 41.4 Å². The van der Waals surface area contributed by atoms with Gasteiger partial charge in [-0.3, -0.25) is 5.10 Å². The molecule has 0 amide bonds. The normalized spacial score (nSPS) is 17.3. The van der Waals surface area contributed by atoms with Gasteiger partial charge in [0, 0.05) is 6.61 Å². The molecule has 2 aromatic rings. The molecule has 25 heavy (non-hydrogen) atoms. The minimum absolute atomic E-state index is 0.0939. The van der Waals surface area contributed by atoms with E-state index in [4.69, 9.17) is 38.0 Å². The Hall–Kier alpha value is -1.90. The van der Waals surface area contributed by atoms with E-state index in [2.05, 4.69) is 15.3 Å². The van der Waals surface area contributed by atoms with Crippen LogP contribution < -0.4 is 9.47 Å². The van der Waals surface area contributed by atoms with Crippen LogP contribution in [0.1, 0.15) is 37.3 Å². The monoisotopic (exact) mass is 382 g/mol. The number of rotatable bonds is 6. The first-order valence-corrected chi connectivity index (χ1v) is 8.76. The Kier molecular flexibility index (Phi) is 5.72. The Morgan fingerprint density at radius 1 is 1.56 bits per heavy atom. The second-order valence-corrected chi connectivity index (χ2v) is 6.21. The summed E-state index contributed by atoms with van der Waals surface area (Å²) in [4.78, 5) is 0. The van der Waals surface area contributed by atoms with Gasteiger partial charge in [-0.1, -0.05) is 11.6 Å². The zero-order chi connectivity index (χ0) is 17.8. The van der Waals surface area contributed by atoms with Gasteiger partial charge in [0.25, 0.3) is 0 Å². The van der Waals surface area contributed by atoms with E-state index in [0.717, 1.165) is 25.0 Å². The van der Waals surface area contributed by atoms with E-state index in [0.29, 0.717) is 33.7 Å². The van der Waals surface area contributed by atoms with Crippen LogP contribution in [0.25, 0.3) is 0 Å².